The van der Waals surface area contributed by atoms with E-state index in [0.717, 1.165) is 16.7 Å². The molecule has 1 aromatic heterocycles. The molecule has 0 atom stereocenters. The predicted molar refractivity (Wildman–Crippen MR) is 118 cm³/mol. The molecule has 0 saturated heterocycles. The first-order chi connectivity index (χ1) is 13.0. The summed E-state index contributed by atoms with van der Waals surface area (Å²) in [4.78, 5) is 4.82. The first-order valence-corrected chi connectivity index (χ1v) is 9.30. The van der Waals surface area contributed by atoms with Crippen molar-refractivity contribution in [2.45, 2.75) is 27.7 Å². The number of fused-ring (bicyclic) bond motifs is 2. The number of nitrogens with two attached hydrogens (primary N) is 1. The Morgan fingerprint density at radius 3 is 1.59 bits per heavy atom. The molecule has 0 radical (unpaired) electrons. The maximum Gasteiger partial charge on any atom is 0.0715 e. The number of hydrogen-bond acceptors (Lipinski definition) is 2. The van der Waals surface area contributed by atoms with Gasteiger partial charge in [0.15, 0.2) is 0 Å². The van der Waals surface area contributed by atoms with E-state index in [2.05, 4.69) is 76.2 Å². The molecule has 134 valence electrons. The summed E-state index contributed by atoms with van der Waals surface area (Å²) in [6.07, 6.45) is 4.47. The highest BCUT2D eigenvalue weighted by molar-refractivity contribution is 6.04. The summed E-state index contributed by atoms with van der Waals surface area (Å²) in [5, 5.41) is 2.35. The second-order valence-corrected chi connectivity index (χ2v) is 7.22. The van der Waals surface area contributed by atoms with Gasteiger partial charge in [0.25, 0.3) is 0 Å². The lowest BCUT2D eigenvalue weighted by molar-refractivity contribution is 1.23. The standard InChI is InChI=1S/C25H24N2/c1-15-17(3)25(26)18(4)16(2)19(15)13-14-20-21-9-5-7-11-23(21)27-24-12-8-6-10-22(20)24/h5-14H,26H2,1-4H3/b14-13+. The third-order valence-corrected chi connectivity index (χ3v) is 5.79. The molecule has 0 spiro atoms. The molecule has 0 unspecified atom stereocenters. The van der Waals surface area contributed by atoms with E-state index >= 15 is 0 Å². The van der Waals surface area contributed by atoms with E-state index in [1.165, 1.54) is 44.2 Å². The van der Waals surface area contributed by atoms with Crippen LogP contribution < -0.4 is 5.73 Å². The molecule has 0 aliphatic heterocycles. The van der Waals surface area contributed by atoms with Gasteiger partial charge in [-0.1, -0.05) is 48.6 Å². The Morgan fingerprint density at radius 2 is 1.07 bits per heavy atom. The number of anilines is 1. The molecule has 4 rings (SSSR count). The zero-order valence-corrected chi connectivity index (χ0v) is 16.3. The summed E-state index contributed by atoms with van der Waals surface area (Å²) in [7, 11) is 0. The number of nitrogen functional groups attached to an aromatic ring is 1. The fourth-order valence-corrected chi connectivity index (χ4v) is 3.84. The highest BCUT2D eigenvalue weighted by Crippen LogP contribution is 2.32. The minimum atomic E-state index is 0.905. The Morgan fingerprint density at radius 1 is 0.630 bits per heavy atom. The van der Waals surface area contributed by atoms with Gasteiger partial charge in [0, 0.05) is 16.5 Å². The maximum atomic E-state index is 6.28. The Bertz CT molecular complexity index is 1130. The average molecular weight is 352 g/mol. The van der Waals surface area contributed by atoms with Crippen LogP contribution in [0.25, 0.3) is 34.0 Å². The van der Waals surface area contributed by atoms with Gasteiger partial charge in [-0.2, -0.15) is 0 Å². The SMILES string of the molecule is Cc1c(C)c(/C=C/c2c3ccccc3nc3ccccc23)c(C)c(C)c1N. The van der Waals surface area contributed by atoms with E-state index < -0.39 is 0 Å². The zero-order chi connectivity index (χ0) is 19.1. The second kappa shape index (κ2) is 6.55. The van der Waals surface area contributed by atoms with Crippen molar-refractivity contribution in [1.82, 2.24) is 4.98 Å². The smallest absolute Gasteiger partial charge is 0.0715 e. The van der Waals surface area contributed by atoms with Gasteiger partial charge in [-0.3, -0.25) is 0 Å². The van der Waals surface area contributed by atoms with Crippen LogP contribution in [0.15, 0.2) is 48.5 Å². The Kier molecular flexibility index (Phi) is 4.19. The van der Waals surface area contributed by atoms with E-state index in [4.69, 9.17) is 10.7 Å². The fourth-order valence-electron chi connectivity index (χ4n) is 3.84. The number of benzene rings is 3. The van der Waals surface area contributed by atoms with Gasteiger partial charge in [-0.15, -0.1) is 0 Å². The summed E-state index contributed by atoms with van der Waals surface area (Å²) in [6.45, 7) is 8.51. The monoisotopic (exact) mass is 352 g/mol. The lowest BCUT2D eigenvalue weighted by atomic mass is 9.91. The van der Waals surface area contributed by atoms with Crippen molar-refractivity contribution in [2.24, 2.45) is 0 Å². The number of aromatic nitrogens is 1. The lowest BCUT2D eigenvalue weighted by Gasteiger charge is -2.16. The number of pyridine rings is 1. The first-order valence-electron chi connectivity index (χ1n) is 9.30. The van der Waals surface area contributed by atoms with Crippen LogP contribution in [0.2, 0.25) is 0 Å². The predicted octanol–water partition coefficient (Wildman–Crippen LogP) is 6.37. The number of nitrogens with zero attached hydrogens (tertiary/aromatic N) is 1. The van der Waals surface area contributed by atoms with Crippen molar-refractivity contribution in [3.05, 3.63) is 81.9 Å². The largest absolute Gasteiger partial charge is 0.398 e. The highest BCUT2D eigenvalue weighted by atomic mass is 14.7. The molecule has 2 heteroatoms. The molecule has 2 nitrogen and oxygen atoms in total. The van der Waals surface area contributed by atoms with Crippen molar-refractivity contribution in [1.29, 1.82) is 0 Å². The van der Waals surface area contributed by atoms with E-state index in [-0.39, 0.29) is 0 Å². The summed E-state index contributed by atoms with van der Waals surface area (Å²) in [5.74, 6) is 0. The molecule has 0 saturated carbocycles. The van der Waals surface area contributed by atoms with E-state index in [9.17, 15) is 0 Å². The highest BCUT2D eigenvalue weighted by Gasteiger charge is 2.11. The topological polar surface area (TPSA) is 38.9 Å². The van der Waals surface area contributed by atoms with Gasteiger partial charge in [0.2, 0.25) is 0 Å². The minimum absolute atomic E-state index is 0.905. The Hall–Kier alpha value is -3.13. The lowest BCUT2D eigenvalue weighted by Crippen LogP contribution is -2.02. The maximum absolute atomic E-state index is 6.28. The zero-order valence-electron chi connectivity index (χ0n) is 16.3. The van der Waals surface area contributed by atoms with Gasteiger partial charge in [-0.25, -0.2) is 4.98 Å². The van der Waals surface area contributed by atoms with Crippen LogP contribution in [0, 0.1) is 27.7 Å². The number of hydrogen-bond donors (Lipinski definition) is 1. The van der Waals surface area contributed by atoms with E-state index in [0.29, 0.717) is 0 Å². The van der Waals surface area contributed by atoms with Crippen LogP contribution in [0.4, 0.5) is 5.69 Å². The van der Waals surface area contributed by atoms with Crippen molar-refractivity contribution >= 4 is 39.6 Å². The number of rotatable bonds is 2. The van der Waals surface area contributed by atoms with Gasteiger partial charge in [0.05, 0.1) is 11.0 Å². The van der Waals surface area contributed by atoms with Gasteiger partial charge >= 0.3 is 0 Å². The van der Waals surface area contributed by atoms with Crippen molar-refractivity contribution in [3.8, 4) is 0 Å². The van der Waals surface area contributed by atoms with Crippen molar-refractivity contribution in [3.63, 3.8) is 0 Å². The molecule has 0 amide bonds. The van der Waals surface area contributed by atoms with Crippen LogP contribution in [0.1, 0.15) is 33.4 Å². The quantitative estimate of drug-likeness (QED) is 0.336. The molecule has 0 fully saturated rings. The average Bonchev–Trinajstić information content (AvgIpc) is 2.70. The normalized spacial score (nSPS) is 11.7. The molecular weight excluding hydrogens is 328 g/mol. The summed E-state index contributed by atoms with van der Waals surface area (Å²) in [6, 6.07) is 16.7. The second-order valence-electron chi connectivity index (χ2n) is 7.22. The first kappa shape index (κ1) is 17.3. The molecular formula is C25H24N2. The van der Waals surface area contributed by atoms with Crippen LogP contribution in [0.5, 0.6) is 0 Å². The van der Waals surface area contributed by atoms with E-state index in [1.54, 1.807) is 0 Å². The molecule has 1 heterocycles. The van der Waals surface area contributed by atoms with Crippen molar-refractivity contribution < 1.29 is 0 Å². The minimum Gasteiger partial charge on any atom is -0.398 e. The third-order valence-electron chi connectivity index (χ3n) is 5.79. The third kappa shape index (κ3) is 2.78. The molecule has 0 aliphatic carbocycles. The Labute approximate surface area is 160 Å². The Balaban J connectivity index is 1.99. The molecule has 0 bridgehead atoms. The fraction of sp³-hybridized carbons (Fsp3) is 0.160. The van der Waals surface area contributed by atoms with Crippen molar-refractivity contribution in [2.75, 3.05) is 5.73 Å². The van der Waals surface area contributed by atoms with Gasteiger partial charge in [0.1, 0.15) is 0 Å². The van der Waals surface area contributed by atoms with Crippen LogP contribution in [-0.4, -0.2) is 4.98 Å². The van der Waals surface area contributed by atoms with Crippen LogP contribution in [0.3, 0.4) is 0 Å². The molecule has 4 aromatic rings. The molecule has 2 N–H and O–H groups in total. The van der Waals surface area contributed by atoms with Crippen LogP contribution in [-0.2, 0) is 0 Å². The molecule has 0 aliphatic rings. The summed E-state index contributed by atoms with van der Waals surface area (Å²) >= 11 is 0. The molecule has 3 aromatic carbocycles. The van der Waals surface area contributed by atoms with Gasteiger partial charge in [-0.05, 0) is 73.2 Å². The molecule has 27 heavy (non-hydrogen) atoms. The summed E-state index contributed by atoms with van der Waals surface area (Å²) in [5.41, 5.74) is 16.5. The van der Waals surface area contributed by atoms with Crippen LogP contribution >= 0.6 is 0 Å². The number of para-hydroxylation sites is 2. The van der Waals surface area contributed by atoms with E-state index in [1.807, 2.05) is 12.1 Å². The summed E-state index contributed by atoms with van der Waals surface area (Å²) < 4.78 is 0. The van der Waals surface area contributed by atoms with Gasteiger partial charge < -0.3 is 5.73 Å².